The second kappa shape index (κ2) is 9.37. The van der Waals surface area contributed by atoms with Crippen LogP contribution in [0.25, 0.3) is 11.3 Å². The minimum atomic E-state index is -0.265. The third-order valence-electron chi connectivity index (χ3n) is 6.06. The third kappa shape index (κ3) is 4.63. The van der Waals surface area contributed by atoms with Crippen LogP contribution in [0.1, 0.15) is 25.3 Å². The van der Waals surface area contributed by atoms with Crippen LogP contribution in [0.4, 0.5) is 23.0 Å². The van der Waals surface area contributed by atoms with Gasteiger partial charge in [-0.1, -0.05) is 6.07 Å². The van der Waals surface area contributed by atoms with Crippen LogP contribution in [0, 0.1) is 11.3 Å². The van der Waals surface area contributed by atoms with Crippen molar-refractivity contribution in [2.24, 2.45) is 4.99 Å². The molecular weight excluding hydrogens is 428 g/mol. The number of benzene rings is 2. The van der Waals surface area contributed by atoms with Gasteiger partial charge >= 0.3 is 0 Å². The van der Waals surface area contributed by atoms with Crippen LogP contribution in [0.15, 0.2) is 59.7 Å². The number of aliphatic hydroxyl groups is 1. The molecule has 0 aliphatic carbocycles. The van der Waals surface area contributed by atoms with Gasteiger partial charge < -0.3 is 15.3 Å². The molecule has 0 radical (unpaired) electrons. The minimum Gasteiger partial charge on any atom is -0.393 e. The molecule has 5 rings (SSSR count). The molecule has 3 N–H and O–H groups in total. The largest absolute Gasteiger partial charge is 0.393 e. The van der Waals surface area contributed by atoms with E-state index in [1.807, 2.05) is 60.5 Å². The van der Waals surface area contributed by atoms with Crippen molar-refractivity contribution in [3.05, 3.63) is 60.3 Å². The highest BCUT2D eigenvalue weighted by Crippen LogP contribution is 2.30. The molecule has 0 spiro atoms. The van der Waals surface area contributed by atoms with Gasteiger partial charge in [-0.2, -0.15) is 5.26 Å². The van der Waals surface area contributed by atoms with Gasteiger partial charge in [-0.25, -0.2) is 15.0 Å². The maximum absolute atomic E-state index is 9.84. The van der Waals surface area contributed by atoms with E-state index >= 15 is 0 Å². The second-order valence-electron chi connectivity index (χ2n) is 8.42. The summed E-state index contributed by atoms with van der Waals surface area (Å²) in [6.45, 7) is 3.98. The van der Waals surface area contributed by atoms with Gasteiger partial charge in [0.1, 0.15) is 18.6 Å². The Hall–Kier alpha value is -4.16. The van der Waals surface area contributed by atoms with E-state index in [-0.39, 0.29) is 6.10 Å². The molecule has 3 heterocycles. The Bertz CT molecular complexity index is 1240. The molecule has 172 valence electrons. The molecule has 0 unspecified atom stereocenters. The van der Waals surface area contributed by atoms with Crippen molar-refractivity contribution in [3.8, 4) is 17.3 Å². The normalized spacial score (nSPS) is 16.1. The molecule has 1 fully saturated rings. The molecule has 1 saturated heterocycles. The van der Waals surface area contributed by atoms with Crippen molar-refractivity contribution in [2.45, 2.75) is 25.9 Å². The van der Waals surface area contributed by atoms with Crippen molar-refractivity contribution in [1.82, 2.24) is 15.4 Å². The summed E-state index contributed by atoms with van der Waals surface area (Å²) in [6, 6.07) is 17.9. The van der Waals surface area contributed by atoms with Crippen LogP contribution in [0.3, 0.4) is 0 Å². The number of hydrazine groups is 1. The van der Waals surface area contributed by atoms with Gasteiger partial charge in [0.25, 0.3) is 0 Å². The Labute approximate surface area is 198 Å². The number of aromatic nitrogens is 2. The van der Waals surface area contributed by atoms with Crippen molar-refractivity contribution in [3.63, 3.8) is 0 Å². The van der Waals surface area contributed by atoms with E-state index in [9.17, 15) is 10.4 Å². The van der Waals surface area contributed by atoms with E-state index in [1.54, 1.807) is 6.20 Å². The summed E-state index contributed by atoms with van der Waals surface area (Å²) in [7, 11) is 0. The van der Waals surface area contributed by atoms with Crippen molar-refractivity contribution in [2.75, 3.05) is 35.0 Å². The third-order valence-corrected chi connectivity index (χ3v) is 6.06. The Balaban J connectivity index is 1.34. The molecule has 2 aromatic carbocycles. The van der Waals surface area contributed by atoms with Crippen molar-refractivity contribution >= 4 is 28.8 Å². The summed E-state index contributed by atoms with van der Waals surface area (Å²) >= 11 is 0. The predicted octanol–water partition coefficient (Wildman–Crippen LogP) is 3.42. The lowest BCUT2D eigenvalue weighted by atomic mass is 10.0. The summed E-state index contributed by atoms with van der Waals surface area (Å²) < 4.78 is 0. The number of rotatable bonds is 5. The molecule has 0 saturated carbocycles. The lowest BCUT2D eigenvalue weighted by Gasteiger charge is -2.32. The molecule has 0 atom stereocenters. The Morgan fingerprint density at radius 1 is 1.12 bits per heavy atom. The van der Waals surface area contributed by atoms with Crippen LogP contribution in [-0.2, 0) is 0 Å². The zero-order valence-electron chi connectivity index (χ0n) is 18.9. The molecule has 34 heavy (non-hydrogen) atoms. The summed E-state index contributed by atoms with van der Waals surface area (Å²) in [5.74, 6) is 1.40. The first-order valence-electron chi connectivity index (χ1n) is 11.3. The molecule has 3 aromatic rings. The van der Waals surface area contributed by atoms with Crippen LogP contribution in [-0.4, -0.2) is 46.8 Å². The molecule has 2 aliphatic rings. The predicted molar refractivity (Wildman–Crippen MR) is 133 cm³/mol. The molecule has 0 amide bonds. The van der Waals surface area contributed by atoms with E-state index in [2.05, 4.69) is 31.7 Å². The number of nitrogens with one attached hydrogen (secondary N) is 2. The molecule has 9 heteroatoms. The summed E-state index contributed by atoms with van der Waals surface area (Å²) in [6.07, 6.45) is 2.87. The fourth-order valence-corrected chi connectivity index (χ4v) is 4.18. The minimum absolute atomic E-state index is 0.265. The van der Waals surface area contributed by atoms with E-state index in [1.165, 1.54) is 0 Å². The molecule has 2 aliphatic heterocycles. The van der Waals surface area contributed by atoms with Crippen LogP contribution in [0.5, 0.6) is 0 Å². The maximum Gasteiger partial charge on any atom is 0.227 e. The molecule has 9 nitrogen and oxygen atoms in total. The number of nitriles is 1. The average Bonchev–Trinajstić information content (AvgIpc) is 3.31. The fourth-order valence-electron chi connectivity index (χ4n) is 4.18. The quantitative estimate of drug-likeness (QED) is 0.538. The van der Waals surface area contributed by atoms with E-state index < -0.39 is 0 Å². The standard InChI is InChI=1S/C25H26N8O/c1-17-28-16-33(31-17)21-6-4-20(5-7-21)29-25-27-11-8-23(30-25)18-2-3-19(15-26)24(14-18)32-12-9-22(34)10-13-32/h2-8,11,14,22,34H,9-10,12-13,16H2,1H3,(H,28,31)(H,27,29,30). The lowest BCUT2D eigenvalue weighted by molar-refractivity contribution is 0.145. The maximum atomic E-state index is 9.84. The zero-order chi connectivity index (χ0) is 23.5. The van der Waals surface area contributed by atoms with Gasteiger partial charge in [0.15, 0.2) is 0 Å². The number of hydrogen-bond donors (Lipinski definition) is 3. The van der Waals surface area contributed by atoms with Crippen molar-refractivity contribution in [1.29, 1.82) is 5.26 Å². The van der Waals surface area contributed by atoms with Crippen LogP contribution in [0.2, 0.25) is 0 Å². The molecule has 0 bridgehead atoms. The van der Waals surface area contributed by atoms with Crippen LogP contribution < -0.4 is 20.7 Å². The molecular formula is C25H26N8O. The lowest BCUT2D eigenvalue weighted by Crippen LogP contribution is -2.36. The Morgan fingerprint density at radius 2 is 1.91 bits per heavy atom. The number of amidine groups is 1. The van der Waals surface area contributed by atoms with Gasteiger partial charge in [-0.15, -0.1) is 0 Å². The second-order valence-corrected chi connectivity index (χ2v) is 8.42. The summed E-state index contributed by atoms with van der Waals surface area (Å²) in [4.78, 5) is 15.6. The average molecular weight is 455 g/mol. The SMILES string of the molecule is CC1=NCN(c2ccc(Nc3nccc(-c4ccc(C#N)c(N5CCC(O)CC5)c4)n3)cc2)N1. The number of nitrogens with zero attached hydrogens (tertiary/aromatic N) is 6. The topological polar surface area (TPSA) is 113 Å². The summed E-state index contributed by atoms with van der Waals surface area (Å²) in [5.41, 5.74) is 8.30. The van der Waals surface area contributed by atoms with Crippen LogP contribution >= 0.6 is 0 Å². The Kier molecular flexibility index (Phi) is 5.97. The number of aliphatic hydroxyl groups excluding tert-OH is 1. The highest BCUT2D eigenvalue weighted by molar-refractivity contribution is 5.83. The first-order valence-corrected chi connectivity index (χ1v) is 11.3. The monoisotopic (exact) mass is 454 g/mol. The fraction of sp³-hybridized carbons (Fsp3) is 0.280. The highest BCUT2D eigenvalue weighted by Gasteiger charge is 2.20. The zero-order valence-corrected chi connectivity index (χ0v) is 18.9. The van der Waals surface area contributed by atoms with E-state index in [0.29, 0.717) is 31.0 Å². The smallest absolute Gasteiger partial charge is 0.227 e. The number of hydrogen-bond acceptors (Lipinski definition) is 9. The van der Waals surface area contributed by atoms with Gasteiger partial charge in [-0.05, 0) is 62.2 Å². The Morgan fingerprint density at radius 3 is 2.62 bits per heavy atom. The van der Waals surface area contributed by atoms with Gasteiger partial charge in [0, 0.05) is 30.5 Å². The van der Waals surface area contributed by atoms with Crippen molar-refractivity contribution < 1.29 is 5.11 Å². The number of aliphatic imine (C=N–C) groups is 1. The molecule has 1 aromatic heterocycles. The number of piperidine rings is 1. The van der Waals surface area contributed by atoms with Gasteiger partial charge in [-0.3, -0.25) is 10.4 Å². The summed E-state index contributed by atoms with van der Waals surface area (Å²) in [5, 5.41) is 24.7. The first-order chi connectivity index (χ1) is 16.6. The van der Waals surface area contributed by atoms with Gasteiger partial charge in [0.2, 0.25) is 5.95 Å². The van der Waals surface area contributed by atoms with E-state index in [0.717, 1.165) is 47.2 Å². The highest BCUT2D eigenvalue weighted by atomic mass is 16.3. The number of anilines is 4. The van der Waals surface area contributed by atoms with E-state index in [4.69, 9.17) is 4.98 Å². The van der Waals surface area contributed by atoms with Gasteiger partial charge in [0.05, 0.1) is 28.7 Å². The first kappa shape index (κ1) is 21.7.